The Kier molecular flexibility index (Phi) is 9.15. The molecule has 13 heteroatoms. The molecule has 4 aliphatic rings. The molecule has 3 saturated carbocycles. The van der Waals surface area contributed by atoms with Gasteiger partial charge >= 0.3 is 0 Å². The van der Waals surface area contributed by atoms with Crippen molar-refractivity contribution in [2.45, 2.75) is 72.5 Å². The normalized spacial score (nSPS) is 25.2. The lowest BCUT2D eigenvalue weighted by Crippen LogP contribution is -2.58. The van der Waals surface area contributed by atoms with Crippen LogP contribution >= 0.6 is 23.2 Å². The molecule has 11 nitrogen and oxygen atoms in total. The van der Waals surface area contributed by atoms with Crippen LogP contribution in [0.15, 0.2) is 46.2 Å². The third kappa shape index (κ3) is 6.78. The summed E-state index contributed by atoms with van der Waals surface area (Å²) >= 11 is 12.5. The van der Waals surface area contributed by atoms with E-state index in [1.165, 1.54) is 17.9 Å². The number of halogens is 2. The summed E-state index contributed by atoms with van der Waals surface area (Å²) in [6.07, 6.45) is 2.71. The lowest BCUT2D eigenvalue weighted by Gasteiger charge is -2.61. The quantitative estimate of drug-likeness (QED) is 0.156. The van der Waals surface area contributed by atoms with Gasteiger partial charge in [-0.2, -0.15) is 0 Å². The van der Waals surface area contributed by atoms with Gasteiger partial charge in [-0.25, -0.2) is 9.98 Å². The molecule has 1 aromatic heterocycles. The Morgan fingerprint density at radius 1 is 1.13 bits per heavy atom. The van der Waals surface area contributed by atoms with E-state index in [-0.39, 0.29) is 48.5 Å². The highest BCUT2D eigenvalue weighted by Gasteiger charge is 2.56. The Morgan fingerprint density at radius 3 is 2.60 bits per heavy atom. The average molecular weight is 682 g/mol. The van der Waals surface area contributed by atoms with Crippen molar-refractivity contribution < 1.29 is 9.59 Å². The molecule has 2 bridgehead atoms. The van der Waals surface area contributed by atoms with Crippen LogP contribution < -0.4 is 27.0 Å². The number of hydrazine groups is 1. The molecule has 3 aromatic rings. The van der Waals surface area contributed by atoms with E-state index in [2.05, 4.69) is 42.3 Å². The van der Waals surface area contributed by atoms with E-state index in [0.717, 1.165) is 12.0 Å². The smallest absolute Gasteiger partial charge is 0.262 e. The third-order valence-electron chi connectivity index (χ3n) is 10.3. The average Bonchev–Trinajstić information content (AvgIpc) is 3.00. The molecule has 2 heterocycles. The number of nitrogens with zero attached hydrogens (tertiary/aromatic N) is 4. The predicted octanol–water partition coefficient (Wildman–Crippen LogP) is 5.07. The molecule has 5 atom stereocenters. The Morgan fingerprint density at radius 2 is 1.91 bits per heavy atom. The van der Waals surface area contributed by atoms with Gasteiger partial charge in [-0.15, -0.1) is 0 Å². The molecule has 2 aromatic carbocycles. The topological polar surface area (TPSA) is 133 Å². The van der Waals surface area contributed by atoms with Crippen LogP contribution in [0.25, 0.3) is 10.9 Å². The maximum atomic E-state index is 13.8. The Labute approximate surface area is 284 Å². The van der Waals surface area contributed by atoms with Gasteiger partial charge in [0.15, 0.2) is 5.96 Å². The number of hydrogen-bond acceptors (Lipinski definition) is 6. The van der Waals surface area contributed by atoms with Crippen molar-refractivity contribution >= 4 is 63.5 Å². The minimum atomic E-state index is -0.333. The first-order chi connectivity index (χ1) is 22.3. The van der Waals surface area contributed by atoms with Crippen molar-refractivity contribution in [3.63, 3.8) is 0 Å². The van der Waals surface area contributed by atoms with Gasteiger partial charge in [-0.3, -0.25) is 29.8 Å². The Bertz CT molecular complexity index is 1810. The number of rotatable bonds is 7. The molecular formula is C34H42Cl2N8O3. The number of carbonyl (C=O) groups is 2. The fourth-order valence-corrected chi connectivity index (χ4v) is 8.07. The highest BCUT2D eigenvalue weighted by Crippen LogP contribution is 2.61. The number of hydrogen-bond donors (Lipinski definition) is 4. The van der Waals surface area contributed by atoms with Crippen LogP contribution in [0.5, 0.6) is 0 Å². The van der Waals surface area contributed by atoms with E-state index in [9.17, 15) is 14.4 Å². The molecule has 4 N–H and O–H groups in total. The fraction of sp³-hybridized carbons (Fsp3) is 0.500. The molecule has 4 fully saturated rings. The van der Waals surface area contributed by atoms with Crippen molar-refractivity contribution in [2.24, 2.45) is 28.2 Å². The monoisotopic (exact) mass is 680 g/mol. The van der Waals surface area contributed by atoms with Crippen LogP contribution in [0.4, 0.5) is 11.6 Å². The number of guanidine groups is 1. The number of aliphatic imine (C=N–C) groups is 1. The first kappa shape index (κ1) is 33.1. The zero-order valence-electron chi connectivity index (χ0n) is 27.4. The first-order valence-corrected chi connectivity index (χ1v) is 17.0. The molecule has 7 rings (SSSR count). The first-order valence-electron chi connectivity index (χ1n) is 16.2. The summed E-state index contributed by atoms with van der Waals surface area (Å²) in [5.74, 6) is 2.13. The fourth-order valence-electron chi connectivity index (χ4n) is 7.57. The lowest BCUT2D eigenvalue weighted by atomic mass is 9.45. The second-order valence-electron chi connectivity index (χ2n) is 13.9. The number of fused-ring (bicyclic) bond motifs is 3. The Balaban J connectivity index is 1.33. The summed E-state index contributed by atoms with van der Waals surface area (Å²) in [6, 6.07) is 10.7. The molecule has 2 amide bonds. The van der Waals surface area contributed by atoms with Crippen LogP contribution in [-0.2, 0) is 22.6 Å². The SMILES string of the molecule is CC(=O)NNc1nc2cc(NC(=N[C@H]3C[C@@H]4C[C@H](C3C)C4(C)C)N3CC(=O)N[C@@H](C)C3)ccc2c(=O)n1CCc1ccc(Cl)cc1Cl. The van der Waals surface area contributed by atoms with E-state index in [4.69, 9.17) is 33.2 Å². The lowest BCUT2D eigenvalue weighted by molar-refractivity contribution is -0.124. The minimum absolute atomic E-state index is 0.0266. The number of amides is 2. The van der Waals surface area contributed by atoms with E-state index in [1.54, 1.807) is 24.3 Å². The third-order valence-corrected chi connectivity index (χ3v) is 10.9. The molecule has 1 unspecified atom stereocenters. The van der Waals surface area contributed by atoms with Gasteiger partial charge in [-0.1, -0.05) is 50.0 Å². The maximum Gasteiger partial charge on any atom is 0.262 e. The van der Waals surface area contributed by atoms with Crippen molar-refractivity contribution in [2.75, 3.05) is 23.8 Å². The summed E-state index contributed by atoms with van der Waals surface area (Å²) in [4.78, 5) is 50.2. The molecule has 0 spiro atoms. The van der Waals surface area contributed by atoms with E-state index >= 15 is 0 Å². The van der Waals surface area contributed by atoms with Crippen LogP contribution in [0.3, 0.4) is 0 Å². The van der Waals surface area contributed by atoms with Crippen molar-refractivity contribution in [3.05, 3.63) is 62.4 Å². The largest absolute Gasteiger partial charge is 0.350 e. The van der Waals surface area contributed by atoms with E-state index in [0.29, 0.717) is 68.7 Å². The molecule has 1 saturated heterocycles. The van der Waals surface area contributed by atoms with E-state index < -0.39 is 0 Å². The van der Waals surface area contributed by atoms with Crippen LogP contribution in [0.2, 0.25) is 10.0 Å². The maximum absolute atomic E-state index is 13.8. The van der Waals surface area contributed by atoms with E-state index in [1.807, 2.05) is 24.0 Å². The molecule has 0 radical (unpaired) electrons. The number of piperazine rings is 1. The minimum Gasteiger partial charge on any atom is -0.350 e. The van der Waals surface area contributed by atoms with Gasteiger partial charge in [0.05, 0.1) is 23.5 Å². The highest BCUT2D eigenvalue weighted by atomic mass is 35.5. The summed E-state index contributed by atoms with van der Waals surface area (Å²) in [6.45, 7) is 11.5. The number of aromatic nitrogens is 2. The summed E-state index contributed by atoms with van der Waals surface area (Å²) in [5.41, 5.74) is 7.35. The van der Waals surface area contributed by atoms with Gasteiger partial charge < -0.3 is 15.5 Å². The molecular weight excluding hydrogens is 639 g/mol. The number of nitrogens with one attached hydrogen (secondary N) is 4. The van der Waals surface area contributed by atoms with Gasteiger partial charge in [0.2, 0.25) is 17.8 Å². The van der Waals surface area contributed by atoms with Crippen molar-refractivity contribution in [1.29, 1.82) is 0 Å². The second-order valence-corrected chi connectivity index (χ2v) is 14.7. The van der Waals surface area contributed by atoms with Crippen molar-refractivity contribution in [3.8, 4) is 0 Å². The number of benzene rings is 2. The van der Waals surface area contributed by atoms with Crippen LogP contribution in [0.1, 0.15) is 53.0 Å². The molecule has 47 heavy (non-hydrogen) atoms. The standard InChI is InChI=1S/C34H42Cl2N8O3/c1-18-16-43(17-30(46)37-18)32(39-28-13-22-12-26(19(28)2)34(22,4)5)38-24-8-9-25-29(15-24)40-33(42-41-20(3)45)44(31(25)47)11-10-21-6-7-23(35)14-27(21)36/h6-9,14-15,18-19,22,26,28H,10-13,16-17H2,1-5H3,(H,37,46)(H,38,39)(H,40,42)(H,41,45)/t18-,19?,22-,26+,28-/m0/s1. The summed E-state index contributed by atoms with van der Waals surface area (Å²) < 4.78 is 1.48. The number of aryl methyl sites for hydroxylation is 1. The zero-order chi connectivity index (χ0) is 33.6. The van der Waals surface area contributed by atoms with Gasteiger partial charge in [0, 0.05) is 41.8 Å². The zero-order valence-corrected chi connectivity index (χ0v) is 28.9. The predicted molar refractivity (Wildman–Crippen MR) is 187 cm³/mol. The van der Waals surface area contributed by atoms with Crippen LogP contribution in [0, 0.1) is 23.2 Å². The van der Waals surface area contributed by atoms with Gasteiger partial charge in [0.1, 0.15) is 0 Å². The molecule has 1 aliphatic heterocycles. The second kappa shape index (κ2) is 13.0. The summed E-state index contributed by atoms with van der Waals surface area (Å²) in [7, 11) is 0. The van der Waals surface area contributed by atoms with Crippen LogP contribution in [-0.4, -0.2) is 57.4 Å². The molecule has 3 aliphatic carbocycles. The molecule has 250 valence electrons. The van der Waals surface area contributed by atoms with Gasteiger partial charge in [-0.05, 0) is 85.3 Å². The van der Waals surface area contributed by atoms with Crippen molar-refractivity contribution in [1.82, 2.24) is 25.2 Å². The highest BCUT2D eigenvalue weighted by molar-refractivity contribution is 6.35. The number of anilines is 2. The Hall–Kier alpha value is -3.83. The van der Waals surface area contributed by atoms with Gasteiger partial charge in [0.25, 0.3) is 5.56 Å². The summed E-state index contributed by atoms with van der Waals surface area (Å²) in [5, 5.41) is 7.94. The number of carbonyl (C=O) groups excluding carboxylic acids is 2.